The molecule has 1 heterocycles. The first kappa shape index (κ1) is 19.8. The molecule has 3 aromatic rings. The second-order valence-electron chi connectivity index (χ2n) is 6.47. The number of halogens is 1. The number of anilines is 1. The van der Waals surface area contributed by atoms with Crippen molar-refractivity contribution in [2.45, 2.75) is 33.5 Å². The zero-order chi connectivity index (χ0) is 20.1. The Kier molecular flexibility index (Phi) is 6.26. The molecular formula is C21H21FN2O3S. The zero-order valence-electron chi connectivity index (χ0n) is 15.9. The molecule has 1 amide bonds. The van der Waals surface area contributed by atoms with Crippen molar-refractivity contribution in [3.63, 3.8) is 0 Å². The quantitative estimate of drug-likeness (QED) is 0.591. The largest absolute Gasteiger partial charge is 0.491 e. The fourth-order valence-corrected chi connectivity index (χ4v) is 3.14. The summed E-state index contributed by atoms with van der Waals surface area (Å²) < 4.78 is 25.3. The van der Waals surface area contributed by atoms with Gasteiger partial charge in [0.2, 0.25) is 0 Å². The van der Waals surface area contributed by atoms with Gasteiger partial charge in [0.1, 0.15) is 23.9 Å². The first-order chi connectivity index (χ1) is 13.4. The number of nitrogens with zero attached hydrogens (tertiary/aromatic N) is 1. The summed E-state index contributed by atoms with van der Waals surface area (Å²) in [5, 5.41) is 3.29. The molecule has 0 bridgehead atoms. The van der Waals surface area contributed by atoms with Crippen LogP contribution in [0, 0.1) is 12.7 Å². The Bertz CT molecular complexity index is 972. The molecule has 0 radical (unpaired) electrons. The van der Waals surface area contributed by atoms with Gasteiger partial charge in [0, 0.05) is 28.3 Å². The van der Waals surface area contributed by atoms with Gasteiger partial charge in [-0.15, -0.1) is 11.3 Å². The summed E-state index contributed by atoms with van der Waals surface area (Å²) in [5.41, 5.74) is 0.802. The average molecular weight is 400 g/mol. The number of nitrogens with one attached hydrogen (secondary N) is 1. The van der Waals surface area contributed by atoms with E-state index in [4.69, 9.17) is 9.47 Å². The highest BCUT2D eigenvalue weighted by atomic mass is 32.1. The summed E-state index contributed by atoms with van der Waals surface area (Å²) in [6.45, 7) is 5.75. The van der Waals surface area contributed by atoms with Gasteiger partial charge in [-0.2, -0.15) is 0 Å². The molecule has 0 saturated carbocycles. The Hall–Kier alpha value is -2.93. The van der Waals surface area contributed by atoms with E-state index in [2.05, 4.69) is 10.3 Å². The topological polar surface area (TPSA) is 60.5 Å². The highest BCUT2D eigenvalue weighted by Crippen LogP contribution is 2.26. The van der Waals surface area contributed by atoms with Gasteiger partial charge in [-0.25, -0.2) is 9.37 Å². The number of carbonyl (C=O) groups is 1. The summed E-state index contributed by atoms with van der Waals surface area (Å²) in [7, 11) is 0. The molecule has 2 aromatic carbocycles. The molecule has 3 rings (SSSR count). The Morgan fingerprint density at radius 3 is 2.64 bits per heavy atom. The van der Waals surface area contributed by atoms with Crippen LogP contribution in [0.4, 0.5) is 9.52 Å². The molecule has 0 aliphatic carbocycles. The van der Waals surface area contributed by atoms with Gasteiger partial charge in [0.25, 0.3) is 5.91 Å². The van der Waals surface area contributed by atoms with E-state index < -0.39 is 0 Å². The molecule has 0 saturated heterocycles. The smallest absolute Gasteiger partial charge is 0.257 e. The van der Waals surface area contributed by atoms with Crippen molar-refractivity contribution in [3.05, 3.63) is 70.5 Å². The number of thiazole rings is 1. The SMILES string of the molecule is Cc1cnc(NC(=O)c2cc(OCc3ccccc3F)cc(OC(C)C)c2)s1. The van der Waals surface area contributed by atoms with E-state index in [1.807, 2.05) is 20.8 Å². The van der Waals surface area contributed by atoms with E-state index in [1.165, 1.54) is 17.4 Å². The monoisotopic (exact) mass is 400 g/mol. The first-order valence-corrected chi connectivity index (χ1v) is 9.64. The van der Waals surface area contributed by atoms with Gasteiger partial charge in [-0.1, -0.05) is 18.2 Å². The average Bonchev–Trinajstić information content (AvgIpc) is 3.05. The number of rotatable bonds is 7. The van der Waals surface area contributed by atoms with Crippen LogP contribution in [0.5, 0.6) is 11.5 Å². The normalized spacial score (nSPS) is 10.8. The number of amides is 1. The van der Waals surface area contributed by atoms with Crippen molar-refractivity contribution in [2.75, 3.05) is 5.32 Å². The fraction of sp³-hybridized carbons (Fsp3) is 0.238. The van der Waals surface area contributed by atoms with Crippen LogP contribution in [0.3, 0.4) is 0 Å². The standard InChI is InChI=1S/C21H21FN2O3S/c1-13(2)27-18-9-16(20(25)24-21-23-11-14(3)28-21)8-17(10-18)26-12-15-6-4-5-7-19(15)22/h4-11,13H,12H2,1-3H3,(H,23,24,25). The third-order valence-electron chi connectivity index (χ3n) is 3.71. The fourth-order valence-electron chi connectivity index (χ4n) is 2.48. The minimum absolute atomic E-state index is 0.0462. The molecule has 0 atom stereocenters. The summed E-state index contributed by atoms with van der Waals surface area (Å²) in [5.74, 6) is 0.261. The highest BCUT2D eigenvalue weighted by Gasteiger charge is 2.13. The number of benzene rings is 2. The maximum absolute atomic E-state index is 13.8. The van der Waals surface area contributed by atoms with Crippen LogP contribution in [0.25, 0.3) is 0 Å². The molecule has 0 spiro atoms. The number of hydrogen-bond donors (Lipinski definition) is 1. The molecule has 0 aliphatic heterocycles. The number of ether oxygens (including phenoxy) is 2. The summed E-state index contributed by atoms with van der Waals surface area (Å²) in [6.07, 6.45) is 1.63. The second-order valence-corrected chi connectivity index (χ2v) is 7.70. The number of carbonyl (C=O) groups excluding carboxylic acids is 1. The number of aromatic nitrogens is 1. The van der Waals surface area contributed by atoms with E-state index in [9.17, 15) is 9.18 Å². The predicted molar refractivity (Wildman–Crippen MR) is 108 cm³/mol. The molecule has 7 heteroatoms. The molecule has 0 aliphatic rings. The summed E-state index contributed by atoms with van der Waals surface area (Å²) in [4.78, 5) is 17.8. The van der Waals surface area contributed by atoms with Gasteiger partial charge < -0.3 is 9.47 Å². The Labute approximate surface area is 167 Å². The molecule has 0 fully saturated rings. The van der Waals surface area contributed by atoms with Crippen LogP contribution in [-0.4, -0.2) is 17.0 Å². The van der Waals surface area contributed by atoms with Gasteiger partial charge in [0.15, 0.2) is 5.13 Å². The maximum atomic E-state index is 13.8. The van der Waals surface area contributed by atoms with Crippen molar-refractivity contribution >= 4 is 22.4 Å². The van der Waals surface area contributed by atoms with Gasteiger partial charge in [0.05, 0.1) is 6.10 Å². The summed E-state index contributed by atoms with van der Waals surface area (Å²) >= 11 is 1.39. The predicted octanol–water partition coefficient (Wildman–Crippen LogP) is 5.21. The molecule has 1 aromatic heterocycles. The molecule has 5 nitrogen and oxygen atoms in total. The van der Waals surface area contributed by atoms with Crippen LogP contribution in [0.1, 0.15) is 34.6 Å². The molecule has 1 N–H and O–H groups in total. The van der Waals surface area contributed by atoms with Crippen LogP contribution in [0.15, 0.2) is 48.7 Å². The number of aryl methyl sites for hydroxylation is 1. The molecule has 0 unspecified atom stereocenters. The maximum Gasteiger partial charge on any atom is 0.257 e. The van der Waals surface area contributed by atoms with Crippen molar-refractivity contribution < 1.29 is 18.7 Å². The third kappa shape index (κ3) is 5.29. The summed E-state index contributed by atoms with van der Waals surface area (Å²) in [6, 6.07) is 11.3. The Morgan fingerprint density at radius 2 is 1.96 bits per heavy atom. The molecular weight excluding hydrogens is 379 g/mol. The van der Waals surface area contributed by atoms with Crippen LogP contribution >= 0.6 is 11.3 Å². The minimum atomic E-state index is -0.339. The van der Waals surface area contributed by atoms with Crippen molar-refractivity contribution in [1.82, 2.24) is 4.98 Å². The number of hydrogen-bond acceptors (Lipinski definition) is 5. The lowest BCUT2D eigenvalue weighted by Gasteiger charge is -2.14. The van der Waals surface area contributed by atoms with E-state index in [0.29, 0.717) is 27.8 Å². The Morgan fingerprint density at radius 1 is 1.21 bits per heavy atom. The van der Waals surface area contributed by atoms with E-state index >= 15 is 0 Å². The van der Waals surface area contributed by atoms with Gasteiger partial charge >= 0.3 is 0 Å². The van der Waals surface area contributed by atoms with Crippen LogP contribution < -0.4 is 14.8 Å². The molecule has 28 heavy (non-hydrogen) atoms. The van der Waals surface area contributed by atoms with E-state index in [1.54, 1.807) is 42.6 Å². The lowest BCUT2D eigenvalue weighted by Crippen LogP contribution is -2.13. The van der Waals surface area contributed by atoms with Gasteiger partial charge in [-0.3, -0.25) is 10.1 Å². The second kappa shape index (κ2) is 8.84. The van der Waals surface area contributed by atoms with Crippen LogP contribution in [-0.2, 0) is 6.61 Å². The Balaban J connectivity index is 1.81. The lowest BCUT2D eigenvalue weighted by atomic mass is 10.2. The lowest BCUT2D eigenvalue weighted by molar-refractivity contribution is 0.102. The first-order valence-electron chi connectivity index (χ1n) is 8.82. The van der Waals surface area contributed by atoms with Gasteiger partial charge in [-0.05, 0) is 39.0 Å². The minimum Gasteiger partial charge on any atom is -0.491 e. The molecule has 146 valence electrons. The van der Waals surface area contributed by atoms with E-state index in [-0.39, 0.29) is 24.4 Å². The van der Waals surface area contributed by atoms with Crippen molar-refractivity contribution in [2.24, 2.45) is 0 Å². The van der Waals surface area contributed by atoms with E-state index in [0.717, 1.165) is 4.88 Å². The third-order valence-corrected chi connectivity index (χ3v) is 4.54. The van der Waals surface area contributed by atoms with Crippen LogP contribution in [0.2, 0.25) is 0 Å². The van der Waals surface area contributed by atoms with Crippen molar-refractivity contribution in [1.29, 1.82) is 0 Å². The highest BCUT2D eigenvalue weighted by molar-refractivity contribution is 7.15. The zero-order valence-corrected chi connectivity index (χ0v) is 16.7. The van der Waals surface area contributed by atoms with Crippen molar-refractivity contribution in [3.8, 4) is 11.5 Å².